The number of nitrogens with zero attached hydrogens (tertiary/aromatic N) is 1. The zero-order valence-corrected chi connectivity index (χ0v) is 23.2. The second-order valence-corrected chi connectivity index (χ2v) is 11.4. The van der Waals surface area contributed by atoms with Gasteiger partial charge in [0, 0.05) is 16.9 Å². The molecule has 0 spiro atoms. The third-order valence-electron chi connectivity index (χ3n) is 5.99. The quantitative estimate of drug-likeness (QED) is 0.0743. The molecule has 216 valence electrons. The van der Waals surface area contributed by atoms with Gasteiger partial charge >= 0.3 is 33.0 Å². The van der Waals surface area contributed by atoms with Crippen LogP contribution in [0, 0.1) is 0 Å². The molecule has 0 bridgehead atoms. The van der Waals surface area contributed by atoms with E-state index in [0.717, 1.165) is 28.9 Å². The van der Waals surface area contributed by atoms with Crippen LogP contribution in [0.4, 0.5) is 25.2 Å². The van der Waals surface area contributed by atoms with E-state index >= 15 is 0 Å². The molecule has 4 aromatic rings. The van der Waals surface area contributed by atoms with Crippen LogP contribution in [0.3, 0.4) is 0 Å². The first-order valence-electron chi connectivity index (χ1n) is 13.3. The van der Waals surface area contributed by atoms with Crippen molar-refractivity contribution in [1.29, 1.82) is 0 Å². The summed E-state index contributed by atoms with van der Waals surface area (Å²) >= 11 is 0. The van der Waals surface area contributed by atoms with Gasteiger partial charge in [-0.1, -0.05) is 99.3 Å². The van der Waals surface area contributed by atoms with E-state index in [-0.39, 0.29) is 0 Å². The number of unbranched alkanes of at least 4 members (excludes halogenated alkanes) is 5. The monoisotopic (exact) mass is 581 g/mol. The Morgan fingerprint density at radius 3 is 1.32 bits per heavy atom. The second kappa shape index (κ2) is 12.9. The maximum atomic E-state index is 9.87. The van der Waals surface area contributed by atoms with E-state index in [1.54, 1.807) is 0 Å². The average Bonchev–Trinajstić information content (AvgIpc) is 2.92. The summed E-state index contributed by atoms with van der Waals surface area (Å²) in [6.07, 6.45) is 7.49. The van der Waals surface area contributed by atoms with E-state index in [0.29, 0.717) is 6.61 Å². The predicted molar refractivity (Wildman–Crippen MR) is 151 cm³/mol. The summed E-state index contributed by atoms with van der Waals surface area (Å²) in [7, 11) is -10.7. The van der Waals surface area contributed by atoms with Crippen molar-refractivity contribution in [3.63, 3.8) is 0 Å². The van der Waals surface area contributed by atoms with E-state index in [4.69, 9.17) is 4.84 Å². The van der Waals surface area contributed by atoms with Gasteiger partial charge in [-0.3, -0.25) is 4.84 Å². The SMILES string of the molecule is CCCCCCCCO[n+]1c(-c2ccccc2)cc(-c2ccccc2)cc1-c1ccccc1.F[P-](F)(F)(F)(F)F. The molecule has 2 nitrogen and oxygen atoms in total. The molecule has 0 fully saturated rings. The van der Waals surface area contributed by atoms with Gasteiger partial charge in [-0.2, -0.15) is 0 Å². The van der Waals surface area contributed by atoms with E-state index < -0.39 is 7.81 Å². The number of rotatable bonds is 11. The predicted octanol–water partition coefficient (Wildman–Crippen LogP) is 11.1. The normalized spacial score (nSPS) is 13.0. The molecule has 1 heterocycles. The molecule has 0 N–H and O–H groups in total. The molecule has 0 aliphatic rings. The molecule has 0 saturated carbocycles. The van der Waals surface area contributed by atoms with E-state index in [1.807, 2.05) is 4.73 Å². The van der Waals surface area contributed by atoms with Gasteiger partial charge in [-0.15, -0.1) is 0 Å². The fourth-order valence-electron chi connectivity index (χ4n) is 4.18. The molecular formula is C31H34F6NOP. The summed E-state index contributed by atoms with van der Waals surface area (Å²) < 4.78 is 61.2. The number of aromatic nitrogens is 1. The first-order valence-corrected chi connectivity index (χ1v) is 15.3. The molecule has 9 heteroatoms. The Labute approximate surface area is 231 Å². The Bertz CT molecular complexity index is 1260. The molecule has 40 heavy (non-hydrogen) atoms. The van der Waals surface area contributed by atoms with Gasteiger partial charge in [0.25, 0.3) is 11.4 Å². The van der Waals surface area contributed by atoms with Crippen molar-refractivity contribution in [3.8, 4) is 33.6 Å². The molecule has 0 saturated heterocycles. The first kappa shape index (κ1) is 31.2. The zero-order valence-electron chi connectivity index (χ0n) is 22.3. The van der Waals surface area contributed by atoms with Gasteiger partial charge in [-0.05, 0) is 48.2 Å². The van der Waals surface area contributed by atoms with Crippen molar-refractivity contribution < 1.29 is 34.7 Å². The number of halogens is 6. The third kappa shape index (κ3) is 11.8. The van der Waals surface area contributed by atoms with Crippen LogP contribution in [0.5, 0.6) is 0 Å². The fraction of sp³-hybridized carbons (Fsp3) is 0.258. The summed E-state index contributed by atoms with van der Waals surface area (Å²) in [4.78, 5) is 6.49. The Hall–Kier alpha value is -3.38. The average molecular weight is 582 g/mol. The summed E-state index contributed by atoms with van der Waals surface area (Å²) in [6.45, 7) is 2.97. The Morgan fingerprint density at radius 1 is 0.525 bits per heavy atom. The topological polar surface area (TPSA) is 13.1 Å². The van der Waals surface area contributed by atoms with Crippen molar-refractivity contribution in [2.45, 2.75) is 45.4 Å². The number of pyridine rings is 1. The molecule has 0 radical (unpaired) electrons. The van der Waals surface area contributed by atoms with Crippen molar-refractivity contribution in [2.75, 3.05) is 6.61 Å². The van der Waals surface area contributed by atoms with E-state index in [1.165, 1.54) is 43.2 Å². The molecule has 0 amide bonds. The standard InChI is InChI=1S/C31H34NO.F6P/c1-2-3-4-5-6-16-23-33-32-30(27-19-12-8-13-20-27)24-29(26-17-10-7-11-18-26)25-31(32)28-21-14-9-15-22-28;1-7(2,3,4,5)6/h7-15,17-22,24-25H,2-6,16,23H2,1H3;/q+1;-1. The van der Waals surface area contributed by atoms with Crippen LogP contribution in [0.2, 0.25) is 0 Å². The first-order chi connectivity index (χ1) is 18.8. The van der Waals surface area contributed by atoms with Gasteiger partial charge in [0.15, 0.2) is 6.61 Å². The van der Waals surface area contributed by atoms with Crippen molar-refractivity contribution in [2.24, 2.45) is 0 Å². The Morgan fingerprint density at radius 2 is 0.900 bits per heavy atom. The summed E-state index contributed by atoms with van der Waals surface area (Å²) in [6, 6.07) is 36.2. The molecule has 4 rings (SSSR count). The zero-order chi connectivity index (χ0) is 29.1. The van der Waals surface area contributed by atoms with Gasteiger partial charge in [0.2, 0.25) is 0 Å². The van der Waals surface area contributed by atoms with Crippen LogP contribution < -0.4 is 9.57 Å². The number of hydrogen-bond acceptors (Lipinski definition) is 1. The minimum absolute atomic E-state index is 0.709. The van der Waals surface area contributed by atoms with Crippen LogP contribution in [-0.2, 0) is 0 Å². The minimum atomic E-state index is -10.7. The van der Waals surface area contributed by atoms with Crippen LogP contribution in [-0.4, -0.2) is 6.61 Å². The van der Waals surface area contributed by atoms with Gasteiger partial charge in [0.05, 0.1) is 11.1 Å². The van der Waals surface area contributed by atoms with Crippen molar-refractivity contribution in [3.05, 3.63) is 103 Å². The van der Waals surface area contributed by atoms with Crippen LogP contribution in [0.1, 0.15) is 45.4 Å². The van der Waals surface area contributed by atoms with Gasteiger partial charge in [-0.25, -0.2) is 0 Å². The second-order valence-electron chi connectivity index (χ2n) is 9.47. The van der Waals surface area contributed by atoms with Crippen molar-refractivity contribution in [1.82, 2.24) is 0 Å². The number of hydrogen-bond donors (Lipinski definition) is 0. The molecular weight excluding hydrogens is 547 g/mol. The van der Waals surface area contributed by atoms with Gasteiger partial charge < -0.3 is 0 Å². The summed E-state index contributed by atoms with van der Waals surface area (Å²) in [5.74, 6) is 0. The van der Waals surface area contributed by atoms with Gasteiger partial charge in [0.1, 0.15) is 0 Å². The molecule has 0 unspecified atom stereocenters. The van der Waals surface area contributed by atoms with Crippen LogP contribution in [0.25, 0.3) is 33.6 Å². The fourth-order valence-corrected chi connectivity index (χ4v) is 4.18. The van der Waals surface area contributed by atoms with Crippen LogP contribution >= 0.6 is 7.81 Å². The molecule has 3 aromatic carbocycles. The summed E-state index contributed by atoms with van der Waals surface area (Å²) in [5, 5.41) is 0. The molecule has 0 aliphatic carbocycles. The molecule has 0 aliphatic heterocycles. The third-order valence-corrected chi connectivity index (χ3v) is 5.99. The number of benzene rings is 3. The van der Waals surface area contributed by atoms with Crippen LogP contribution in [0.15, 0.2) is 103 Å². The maximum absolute atomic E-state index is 10.7. The Balaban J connectivity index is 0.000000559. The molecule has 0 atom stereocenters. The van der Waals surface area contributed by atoms with E-state index in [2.05, 4.69) is 110 Å². The summed E-state index contributed by atoms with van der Waals surface area (Å²) in [5.41, 5.74) is 6.83. The Kier molecular flexibility index (Phi) is 10.0. The van der Waals surface area contributed by atoms with Crippen molar-refractivity contribution >= 4 is 7.81 Å². The molecule has 1 aromatic heterocycles. The van der Waals surface area contributed by atoms with E-state index in [9.17, 15) is 25.2 Å².